The average molecular weight is 423 g/mol. The number of nitrogens with one attached hydrogen (secondary N) is 1. The number of ether oxygens (including phenoxy) is 2. The normalized spacial score (nSPS) is 22.4. The number of hydrogen-bond donors (Lipinski definition) is 1. The number of piperidine rings is 1. The number of thiophene rings is 1. The first-order valence-electron chi connectivity index (χ1n) is 10.6. The molecule has 3 heterocycles. The second-order valence-electron chi connectivity index (χ2n) is 7.58. The minimum atomic E-state index is -0.0899. The van der Waals surface area contributed by atoms with Crippen molar-refractivity contribution in [2.24, 2.45) is 10.9 Å². The topological polar surface area (TPSA) is 66.4 Å². The van der Waals surface area contributed by atoms with E-state index in [1.807, 2.05) is 25.3 Å². The predicted octanol–water partition coefficient (Wildman–Crippen LogP) is 2.28. The number of aliphatic imine (C=N–C) groups is 1. The maximum absolute atomic E-state index is 12.2. The molecule has 1 N–H and O–H groups in total. The third kappa shape index (κ3) is 5.93. The van der Waals surface area contributed by atoms with Crippen molar-refractivity contribution >= 4 is 23.3 Å². The Labute approximate surface area is 178 Å². The van der Waals surface area contributed by atoms with E-state index in [1.54, 1.807) is 0 Å². The van der Waals surface area contributed by atoms with E-state index in [0.29, 0.717) is 19.2 Å². The van der Waals surface area contributed by atoms with Crippen molar-refractivity contribution in [3.05, 3.63) is 21.9 Å². The highest BCUT2D eigenvalue weighted by molar-refractivity contribution is 7.12. The molecule has 1 aromatic heterocycles. The summed E-state index contributed by atoms with van der Waals surface area (Å²) in [4.78, 5) is 24.1. The summed E-state index contributed by atoms with van der Waals surface area (Å²) in [5.41, 5.74) is 0. The Morgan fingerprint density at radius 3 is 2.83 bits per heavy atom. The van der Waals surface area contributed by atoms with Crippen LogP contribution in [0.25, 0.3) is 0 Å². The van der Waals surface area contributed by atoms with Gasteiger partial charge in [-0.05, 0) is 38.8 Å². The van der Waals surface area contributed by atoms with Crippen molar-refractivity contribution in [3.8, 4) is 0 Å². The first-order chi connectivity index (χ1) is 14.1. The van der Waals surface area contributed by atoms with Crippen molar-refractivity contribution in [3.63, 3.8) is 0 Å². The number of guanidine groups is 1. The van der Waals surface area contributed by atoms with Gasteiger partial charge in [-0.25, -0.2) is 0 Å². The molecule has 2 saturated heterocycles. The van der Waals surface area contributed by atoms with Crippen LogP contribution in [0.2, 0.25) is 0 Å². The van der Waals surface area contributed by atoms with Crippen LogP contribution in [0.5, 0.6) is 0 Å². The van der Waals surface area contributed by atoms with Crippen molar-refractivity contribution in [2.45, 2.75) is 32.7 Å². The summed E-state index contributed by atoms with van der Waals surface area (Å²) in [6.45, 7) is 10.3. The summed E-state index contributed by atoms with van der Waals surface area (Å²) in [6, 6.07) is 4.72. The van der Waals surface area contributed by atoms with Crippen LogP contribution in [-0.2, 0) is 14.3 Å². The maximum Gasteiger partial charge on any atom is 0.310 e. The smallest absolute Gasteiger partial charge is 0.310 e. The summed E-state index contributed by atoms with van der Waals surface area (Å²) in [5, 5.41) is 3.58. The predicted molar refractivity (Wildman–Crippen MR) is 116 cm³/mol. The van der Waals surface area contributed by atoms with Crippen molar-refractivity contribution in [2.75, 3.05) is 59.6 Å². The minimum absolute atomic E-state index is 0.0720. The lowest BCUT2D eigenvalue weighted by Gasteiger charge is -2.37. The Bertz CT molecular complexity index is 687. The van der Waals surface area contributed by atoms with Crippen molar-refractivity contribution in [1.29, 1.82) is 0 Å². The van der Waals surface area contributed by atoms with Crippen LogP contribution in [0, 0.1) is 12.8 Å². The van der Waals surface area contributed by atoms with E-state index in [2.05, 4.69) is 39.2 Å². The molecule has 0 radical (unpaired) electrons. The van der Waals surface area contributed by atoms with Crippen LogP contribution in [0.1, 0.15) is 35.6 Å². The number of aryl methyl sites for hydroxylation is 1. The minimum Gasteiger partial charge on any atom is -0.466 e. The quantitative estimate of drug-likeness (QED) is 0.431. The molecular weight excluding hydrogens is 388 g/mol. The molecule has 0 bridgehead atoms. The highest BCUT2D eigenvalue weighted by Gasteiger charge is 2.29. The number of likely N-dealkylation sites (tertiary alicyclic amines) is 1. The van der Waals surface area contributed by atoms with E-state index in [9.17, 15) is 4.79 Å². The molecule has 2 atom stereocenters. The number of morpholine rings is 1. The first-order valence-corrected chi connectivity index (χ1v) is 11.4. The van der Waals surface area contributed by atoms with Crippen molar-refractivity contribution in [1.82, 2.24) is 15.1 Å². The van der Waals surface area contributed by atoms with Gasteiger partial charge in [-0.3, -0.25) is 14.7 Å². The van der Waals surface area contributed by atoms with Gasteiger partial charge in [0.25, 0.3) is 0 Å². The lowest BCUT2D eigenvalue weighted by Crippen LogP contribution is -2.50. The lowest BCUT2D eigenvalue weighted by molar-refractivity contribution is -0.149. The van der Waals surface area contributed by atoms with Crippen LogP contribution in [0.4, 0.5) is 0 Å². The summed E-state index contributed by atoms with van der Waals surface area (Å²) in [5.74, 6) is 0.704. The standard InChI is InChI=1S/C21H34N4O3S/c1-4-28-20(26)17-6-5-9-25(15-17)21(22-3)23-14-18(19-8-7-16(2)29-19)24-10-12-27-13-11-24/h7-8,17-18H,4-6,9-15H2,1-3H3,(H,22,23)/t17-,18?/m1/s1. The molecule has 8 heteroatoms. The highest BCUT2D eigenvalue weighted by atomic mass is 32.1. The van der Waals surface area contributed by atoms with E-state index in [1.165, 1.54) is 9.75 Å². The molecular formula is C21H34N4O3S. The van der Waals surface area contributed by atoms with E-state index in [4.69, 9.17) is 9.47 Å². The van der Waals surface area contributed by atoms with Gasteiger partial charge in [0.15, 0.2) is 5.96 Å². The molecule has 0 aliphatic carbocycles. The molecule has 7 nitrogen and oxygen atoms in total. The average Bonchev–Trinajstić information content (AvgIpc) is 3.18. The van der Waals surface area contributed by atoms with Gasteiger partial charge in [-0.2, -0.15) is 0 Å². The summed E-state index contributed by atoms with van der Waals surface area (Å²) in [7, 11) is 1.81. The molecule has 2 aliphatic heterocycles. The molecule has 1 unspecified atom stereocenters. The van der Waals surface area contributed by atoms with Crippen LogP contribution >= 0.6 is 11.3 Å². The Balaban J connectivity index is 1.64. The molecule has 0 amide bonds. The molecule has 0 spiro atoms. The van der Waals surface area contributed by atoms with Crippen LogP contribution in [0.15, 0.2) is 17.1 Å². The molecule has 3 rings (SSSR count). The molecule has 162 valence electrons. The zero-order chi connectivity index (χ0) is 20.6. The molecule has 0 saturated carbocycles. The molecule has 2 fully saturated rings. The summed E-state index contributed by atoms with van der Waals surface area (Å²) in [6.07, 6.45) is 1.86. The van der Waals surface area contributed by atoms with Crippen LogP contribution < -0.4 is 5.32 Å². The Kier molecular flexibility index (Phi) is 8.32. The SMILES string of the molecule is CCOC(=O)[C@@H]1CCCN(C(=NC)NCC(c2ccc(C)s2)N2CCOCC2)C1. The van der Waals surface area contributed by atoms with Gasteiger partial charge in [0.2, 0.25) is 0 Å². The molecule has 2 aliphatic rings. The van der Waals surface area contributed by atoms with E-state index in [-0.39, 0.29) is 11.9 Å². The summed E-state index contributed by atoms with van der Waals surface area (Å²) < 4.78 is 10.8. The molecule has 1 aromatic rings. The zero-order valence-electron chi connectivity index (χ0n) is 17.9. The van der Waals surface area contributed by atoms with Gasteiger partial charge < -0.3 is 19.7 Å². The monoisotopic (exact) mass is 422 g/mol. The fourth-order valence-electron chi connectivity index (χ4n) is 4.07. The molecule has 0 aromatic carbocycles. The van der Waals surface area contributed by atoms with Gasteiger partial charge in [-0.1, -0.05) is 0 Å². The van der Waals surface area contributed by atoms with E-state index < -0.39 is 0 Å². The number of hydrogen-bond acceptors (Lipinski definition) is 6. The van der Waals surface area contributed by atoms with Gasteiger partial charge in [0, 0.05) is 49.5 Å². The highest BCUT2D eigenvalue weighted by Crippen LogP contribution is 2.28. The second kappa shape index (κ2) is 10.9. The Morgan fingerprint density at radius 2 is 2.17 bits per heavy atom. The third-order valence-corrected chi connectivity index (χ3v) is 6.68. The van der Waals surface area contributed by atoms with Crippen LogP contribution in [-0.4, -0.2) is 81.3 Å². The number of carbonyl (C=O) groups is 1. The van der Waals surface area contributed by atoms with Gasteiger partial charge in [0.1, 0.15) is 0 Å². The van der Waals surface area contributed by atoms with E-state index in [0.717, 1.165) is 58.2 Å². The fraction of sp³-hybridized carbons (Fsp3) is 0.714. The Hall–Kier alpha value is -1.64. The van der Waals surface area contributed by atoms with Crippen molar-refractivity contribution < 1.29 is 14.3 Å². The zero-order valence-corrected chi connectivity index (χ0v) is 18.7. The third-order valence-electron chi connectivity index (χ3n) is 5.58. The van der Waals surface area contributed by atoms with Gasteiger partial charge in [-0.15, -0.1) is 11.3 Å². The summed E-state index contributed by atoms with van der Waals surface area (Å²) >= 11 is 1.86. The number of esters is 1. The lowest BCUT2D eigenvalue weighted by atomic mass is 9.98. The first kappa shape index (κ1) is 22.1. The van der Waals surface area contributed by atoms with Gasteiger partial charge >= 0.3 is 5.97 Å². The second-order valence-corrected chi connectivity index (χ2v) is 8.90. The number of nitrogens with zero attached hydrogens (tertiary/aromatic N) is 3. The van der Waals surface area contributed by atoms with Gasteiger partial charge in [0.05, 0.1) is 31.8 Å². The largest absolute Gasteiger partial charge is 0.466 e. The van der Waals surface area contributed by atoms with Crippen LogP contribution in [0.3, 0.4) is 0 Å². The molecule has 29 heavy (non-hydrogen) atoms. The fourth-order valence-corrected chi connectivity index (χ4v) is 5.09. The number of rotatable bonds is 6. The maximum atomic E-state index is 12.2. The Morgan fingerprint density at radius 1 is 1.38 bits per heavy atom. The number of carbonyl (C=O) groups excluding carboxylic acids is 1. The van der Waals surface area contributed by atoms with E-state index >= 15 is 0 Å².